The lowest BCUT2D eigenvalue weighted by atomic mass is 9.97. The van der Waals surface area contributed by atoms with Gasteiger partial charge in [0.15, 0.2) is 17.4 Å². The smallest absolute Gasteiger partial charge is 0.404 e. The van der Waals surface area contributed by atoms with Crippen molar-refractivity contribution >= 4 is 17.4 Å². The molecule has 1 saturated heterocycles. The average molecular weight is 432 g/mol. The highest BCUT2D eigenvalue weighted by molar-refractivity contribution is 5.94. The maximum Gasteiger partial charge on any atom is 0.573 e. The van der Waals surface area contributed by atoms with Crippen molar-refractivity contribution in [3.05, 3.63) is 55.1 Å². The van der Waals surface area contributed by atoms with Gasteiger partial charge in [-0.15, -0.1) is 23.4 Å². The molecule has 3 aromatic rings. The van der Waals surface area contributed by atoms with Crippen molar-refractivity contribution in [1.82, 2.24) is 19.7 Å². The second-order valence-corrected chi connectivity index (χ2v) is 7.04. The molecule has 31 heavy (non-hydrogen) atoms. The number of hydrogen-bond donors (Lipinski definition) is 1. The summed E-state index contributed by atoms with van der Waals surface area (Å²) in [6.07, 6.45) is 1.52. The SMILES string of the molecule is O=C(Nc1ccccc1OC(F)(F)F)C1CCCN(c2ccc(-n3ccnc3)nn2)C1. The number of amides is 1. The standard InChI is InChI=1S/C20H19F3N6O2/c21-20(22,23)31-16-6-2-1-5-15(16)25-19(30)14-4-3-10-28(12-14)17-7-8-18(27-26-17)29-11-9-24-13-29/h1-2,5-9,11,13-14H,3-4,10,12H2,(H,25,30). The van der Waals surface area contributed by atoms with E-state index in [4.69, 9.17) is 0 Å². The second-order valence-electron chi connectivity index (χ2n) is 7.04. The van der Waals surface area contributed by atoms with Crippen LogP contribution in [-0.4, -0.2) is 45.1 Å². The van der Waals surface area contributed by atoms with E-state index in [1.165, 1.54) is 18.2 Å². The van der Waals surface area contributed by atoms with Crippen molar-refractivity contribution < 1.29 is 22.7 Å². The second kappa shape index (κ2) is 8.62. The summed E-state index contributed by atoms with van der Waals surface area (Å²) in [6.45, 7) is 1.09. The molecule has 1 fully saturated rings. The van der Waals surface area contributed by atoms with Crippen molar-refractivity contribution in [3.63, 3.8) is 0 Å². The van der Waals surface area contributed by atoms with Crippen molar-refractivity contribution in [3.8, 4) is 11.6 Å². The predicted molar refractivity (Wildman–Crippen MR) is 106 cm³/mol. The number of rotatable bonds is 5. The number of carbonyl (C=O) groups excluding carboxylic acids is 1. The fraction of sp³-hybridized carbons (Fsp3) is 0.300. The minimum Gasteiger partial charge on any atom is -0.404 e. The van der Waals surface area contributed by atoms with Crippen LogP contribution in [-0.2, 0) is 4.79 Å². The van der Waals surface area contributed by atoms with Crippen LogP contribution in [0.15, 0.2) is 55.1 Å². The Bertz CT molecular complexity index is 1020. The molecule has 8 nitrogen and oxygen atoms in total. The summed E-state index contributed by atoms with van der Waals surface area (Å²) in [4.78, 5) is 18.7. The Kier molecular flexibility index (Phi) is 5.74. The van der Waals surface area contributed by atoms with Crippen molar-refractivity contribution in [2.75, 3.05) is 23.3 Å². The Labute approximate surface area is 175 Å². The molecule has 0 saturated carbocycles. The van der Waals surface area contributed by atoms with E-state index < -0.39 is 18.0 Å². The zero-order valence-electron chi connectivity index (χ0n) is 16.3. The summed E-state index contributed by atoms with van der Waals surface area (Å²) in [7, 11) is 0. The molecule has 1 aliphatic rings. The molecule has 0 aliphatic carbocycles. The van der Waals surface area contributed by atoms with E-state index >= 15 is 0 Å². The normalized spacial score (nSPS) is 16.7. The maximum atomic E-state index is 12.8. The number of benzene rings is 1. The van der Waals surface area contributed by atoms with E-state index in [1.54, 1.807) is 29.4 Å². The first-order chi connectivity index (χ1) is 14.9. The van der Waals surface area contributed by atoms with Gasteiger partial charge in [-0.25, -0.2) is 4.98 Å². The van der Waals surface area contributed by atoms with Gasteiger partial charge in [0.25, 0.3) is 0 Å². The number of para-hydroxylation sites is 2. The van der Waals surface area contributed by atoms with Gasteiger partial charge in [-0.2, -0.15) is 0 Å². The number of carbonyl (C=O) groups is 1. The number of ether oxygens (including phenoxy) is 1. The Morgan fingerprint density at radius 2 is 1.90 bits per heavy atom. The minimum absolute atomic E-state index is 0.0218. The van der Waals surface area contributed by atoms with Crippen LogP contribution in [0.5, 0.6) is 5.75 Å². The number of anilines is 2. The molecule has 1 aromatic carbocycles. The summed E-state index contributed by atoms with van der Waals surface area (Å²) in [6, 6.07) is 9.09. The molecule has 0 spiro atoms. The van der Waals surface area contributed by atoms with Gasteiger partial charge >= 0.3 is 6.36 Å². The molecule has 0 radical (unpaired) electrons. The van der Waals surface area contributed by atoms with E-state index in [0.717, 1.165) is 12.5 Å². The average Bonchev–Trinajstić information content (AvgIpc) is 3.29. The molecule has 4 rings (SSSR count). The first-order valence-electron chi connectivity index (χ1n) is 9.62. The molecule has 1 amide bonds. The van der Waals surface area contributed by atoms with E-state index in [9.17, 15) is 18.0 Å². The molecule has 1 N–H and O–H groups in total. The molecule has 1 aliphatic heterocycles. The van der Waals surface area contributed by atoms with Crippen LogP contribution in [0.1, 0.15) is 12.8 Å². The molecule has 1 unspecified atom stereocenters. The van der Waals surface area contributed by atoms with Crippen LogP contribution in [0, 0.1) is 5.92 Å². The van der Waals surface area contributed by atoms with Gasteiger partial charge in [-0.3, -0.25) is 9.36 Å². The van der Waals surface area contributed by atoms with Crippen LogP contribution >= 0.6 is 0 Å². The first kappa shape index (κ1) is 20.6. The van der Waals surface area contributed by atoms with Gasteiger partial charge in [0.1, 0.15) is 6.33 Å². The Morgan fingerprint density at radius 1 is 1.13 bits per heavy atom. The maximum absolute atomic E-state index is 12.8. The van der Waals surface area contributed by atoms with Crippen molar-refractivity contribution in [1.29, 1.82) is 0 Å². The topological polar surface area (TPSA) is 85.2 Å². The summed E-state index contributed by atoms with van der Waals surface area (Å²) < 4.78 is 43.6. The zero-order chi connectivity index (χ0) is 21.8. The summed E-state index contributed by atoms with van der Waals surface area (Å²) in [5, 5.41) is 11.0. The van der Waals surface area contributed by atoms with Crippen LogP contribution in [0.25, 0.3) is 5.82 Å². The number of piperidine rings is 1. The summed E-state index contributed by atoms with van der Waals surface area (Å²) in [5.41, 5.74) is -0.0218. The lowest BCUT2D eigenvalue weighted by Gasteiger charge is -2.32. The molecule has 11 heteroatoms. The van der Waals surface area contributed by atoms with E-state index in [-0.39, 0.29) is 11.6 Å². The molecular weight excluding hydrogens is 413 g/mol. The number of nitrogens with one attached hydrogen (secondary N) is 1. The largest absolute Gasteiger partial charge is 0.573 e. The highest BCUT2D eigenvalue weighted by atomic mass is 19.4. The number of alkyl halides is 3. The number of imidazole rings is 1. The number of halogens is 3. The Morgan fingerprint density at radius 3 is 2.61 bits per heavy atom. The third-order valence-electron chi connectivity index (χ3n) is 4.89. The monoisotopic (exact) mass is 432 g/mol. The number of nitrogens with zero attached hydrogens (tertiary/aromatic N) is 5. The van der Waals surface area contributed by atoms with Gasteiger partial charge in [0.05, 0.1) is 11.6 Å². The van der Waals surface area contributed by atoms with Crippen LogP contribution in [0.2, 0.25) is 0 Å². The highest BCUT2D eigenvalue weighted by Gasteiger charge is 2.33. The Hall–Kier alpha value is -3.63. The lowest BCUT2D eigenvalue weighted by Crippen LogP contribution is -2.41. The highest BCUT2D eigenvalue weighted by Crippen LogP contribution is 2.31. The van der Waals surface area contributed by atoms with Crippen LogP contribution in [0.4, 0.5) is 24.7 Å². The van der Waals surface area contributed by atoms with Crippen LogP contribution < -0.4 is 15.0 Å². The van der Waals surface area contributed by atoms with Gasteiger partial charge < -0.3 is 15.0 Å². The quantitative estimate of drug-likeness (QED) is 0.665. The van der Waals surface area contributed by atoms with E-state index in [2.05, 4.69) is 25.2 Å². The first-order valence-corrected chi connectivity index (χ1v) is 9.62. The predicted octanol–water partition coefficient (Wildman–Crippen LogP) is 3.42. The van der Waals surface area contributed by atoms with Crippen LogP contribution in [0.3, 0.4) is 0 Å². The lowest BCUT2D eigenvalue weighted by molar-refractivity contribution is -0.274. The van der Waals surface area contributed by atoms with Gasteiger partial charge in [0, 0.05) is 25.5 Å². The molecular formula is C20H19F3N6O2. The van der Waals surface area contributed by atoms with Gasteiger partial charge in [0.2, 0.25) is 5.91 Å². The number of aromatic nitrogens is 4. The molecule has 2 aromatic heterocycles. The fourth-order valence-corrected chi connectivity index (χ4v) is 3.44. The van der Waals surface area contributed by atoms with Gasteiger partial charge in [-0.05, 0) is 37.1 Å². The minimum atomic E-state index is -4.84. The molecule has 0 bridgehead atoms. The molecule has 3 heterocycles. The number of hydrogen-bond acceptors (Lipinski definition) is 6. The van der Waals surface area contributed by atoms with E-state index in [1.807, 2.05) is 11.0 Å². The Balaban J connectivity index is 1.42. The van der Waals surface area contributed by atoms with Crippen molar-refractivity contribution in [2.45, 2.75) is 19.2 Å². The zero-order valence-corrected chi connectivity index (χ0v) is 16.3. The summed E-state index contributed by atoms with van der Waals surface area (Å²) >= 11 is 0. The van der Waals surface area contributed by atoms with Gasteiger partial charge in [-0.1, -0.05) is 12.1 Å². The summed E-state index contributed by atoms with van der Waals surface area (Å²) in [5.74, 6) is 0.0155. The molecule has 162 valence electrons. The van der Waals surface area contributed by atoms with E-state index in [0.29, 0.717) is 31.1 Å². The fourth-order valence-electron chi connectivity index (χ4n) is 3.44. The third kappa shape index (κ3) is 5.11. The van der Waals surface area contributed by atoms with Crippen molar-refractivity contribution in [2.24, 2.45) is 5.92 Å². The third-order valence-corrected chi connectivity index (χ3v) is 4.89. The molecule has 1 atom stereocenters.